The number of nitrogens with one attached hydrogen (secondary N) is 1. The SMILES string of the molecule is Cc1cc(C)c(-c2ccnc(Nc3ccc(Cl)cc3)n2)c(C)c1.N. The predicted octanol–water partition coefficient (Wildman–Crippen LogP) is 5.63. The molecule has 0 unspecified atom stereocenters. The molecule has 1 aromatic heterocycles. The molecule has 0 radical (unpaired) electrons. The second kappa shape index (κ2) is 7.43. The average molecular weight is 341 g/mol. The van der Waals surface area contributed by atoms with Gasteiger partial charge in [0.2, 0.25) is 5.95 Å². The van der Waals surface area contributed by atoms with Gasteiger partial charge >= 0.3 is 0 Å². The predicted molar refractivity (Wildman–Crippen MR) is 101 cm³/mol. The third-order valence-electron chi connectivity index (χ3n) is 3.69. The van der Waals surface area contributed by atoms with Gasteiger partial charge < -0.3 is 11.5 Å². The van der Waals surface area contributed by atoms with E-state index < -0.39 is 0 Å². The van der Waals surface area contributed by atoms with Gasteiger partial charge in [-0.05, 0) is 62.2 Å². The van der Waals surface area contributed by atoms with Crippen LogP contribution in [-0.2, 0) is 0 Å². The van der Waals surface area contributed by atoms with E-state index >= 15 is 0 Å². The minimum atomic E-state index is 0. The van der Waals surface area contributed by atoms with E-state index in [-0.39, 0.29) is 6.15 Å². The molecule has 3 rings (SSSR count). The number of aromatic nitrogens is 2. The van der Waals surface area contributed by atoms with Crippen molar-refractivity contribution in [1.29, 1.82) is 0 Å². The van der Waals surface area contributed by atoms with Gasteiger partial charge in [-0.3, -0.25) is 0 Å². The number of hydrogen-bond donors (Lipinski definition) is 2. The highest BCUT2D eigenvalue weighted by Gasteiger charge is 2.09. The largest absolute Gasteiger partial charge is 0.344 e. The van der Waals surface area contributed by atoms with Gasteiger partial charge in [-0.1, -0.05) is 29.3 Å². The molecule has 1 heterocycles. The van der Waals surface area contributed by atoms with Crippen LogP contribution in [0.15, 0.2) is 48.7 Å². The second-order valence-corrected chi connectivity index (χ2v) is 6.11. The third-order valence-corrected chi connectivity index (χ3v) is 3.94. The first-order chi connectivity index (χ1) is 11.0. The topological polar surface area (TPSA) is 72.8 Å². The zero-order valence-corrected chi connectivity index (χ0v) is 14.9. The minimum absolute atomic E-state index is 0. The fourth-order valence-electron chi connectivity index (χ4n) is 2.80. The number of rotatable bonds is 3. The first kappa shape index (κ1) is 17.9. The molecule has 0 aliphatic heterocycles. The molecule has 0 saturated heterocycles. The van der Waals surface area contributed by atoms with E-state index in [2.05, 4.69) is 48.2 Å². The normalized spacial score (nSPS) is 10.2. The lowest BCUT2D eigenvalue weighted by molar-refractivity contribution is 1.16. The van der Waals surface area contributed by atoms with Gasteiger partial charge in [-0.15, -0.1) is 0 Å². The van der Waals surface area contributed by atoms with E-state index in [0.717, 1.165) is 16.9 Å². The third kappa shape index (κ3) is 3.91. The lowest BCUT2D eigenvalue weighted by atomic mass is 9.97. The summed E-state index contributed by atoms with van der Waals surface area (Å²) in [5, 5.41) is 3.92. The van der Waals surface area contributed by atoms with E-state index in [1.165, 1.54) is 16.7 Å². The van der Waals surface area contributed by atoms with E-state index in [4.69, 9.17) is 11.6 Å². The Bertz CT molecular complexity index is 821. The quantitative estimate of drug-likeness (QED) is 0.648. The van der Waals surface area contributed by atoms with Crippen molar-refractivity contribution in [2.75, 3.05) is 5.32 Å². The van der Waals surface area contributed by atoms with Crippen LogP contribution in [0.4, 0.5) is 11.6 Å². The van der Waals surface area contributed by atoms with Crippen molar-refractivity contribution in [2.45, 2.75) is 20.8 Å². The van der Waals surface area contributed by atoms with E-state index in [1.807, 2.05) is 30.3 Å². The summed E-state index contributed by atoms with van der Waals surface area (Å²) in [5.74, 6) is 0.573. The highest BCUT2D eigenvalue weighted by molar-refractivity contribution is 6.30. The molecule has 0 fully saturated rings. The minimum Gasteiger partial charge on any atom is -0.344 e. The number of aryl methyl sites for hydroxylation is 3. The maximum Gasteiger partial charge on any atom is 0.227 e. The van der Waals surface area contributed by atoms with Crippen LogP contribution >= 0.6 is 11.6 Å². The number of halogens is 1. The monoisotopic (exact) mass is 340 g/mol. The molecule has 0 bridgehead atoms. The summed E-state index contributed by atoms with van der Waals surface area (Å²) in [7, 11) is 0. The Labute approximate surface area is 147 Å². The van der Waals surface area contributed by atoms with Crippen molar-refractivity contribution in [1.82, 2.24) is 16.1 Å². The number of benzene rings is 2. The van der Waals surface area contributed by atoms with E-state index in [0.29, 0.717) is 11.0 Å². The number of anilines is 2. The molecule has 0 atom stereocenters. The highest BCUT2D eigenvalue weighted by atomic mass is 35.5. The number of hydrogen-bond acceptors (Lipinski definition) is 4. The first-order valence-corrected chi connectivity index (χ1v) is 7.84. The van der Waals surface area contributed by atoms with Crippen LogP contribution in [0, 0.1) is 20.8 Å². The summed E-state index contributed by atoms with van der Waals surface area (Å²) < 4.78 is 0. The first-order valence-electron chi connectivity index (χ1n) is 7.47. The fourth-order valence-corrected chi connectivity index (χ4v) is 2.93. The van der Waals surface area contributed by atoms with Crippen LogP contribution in [0.2, 0.25) is 5.02 Å². The summed E-state index contributed by atoms with van der Waals surface area (Å²) in [6.07, 6.45) is 1.78. The Hall–Kier alpha value is -2.43. The molecule has 0 amide bonds. The molecule has 2 aromatic carbocycles. The molecule has 3 aromatic rings. The van der Waals surface area contributed by atoms with Gasteiger partial charge in [0.05, 0.1) is 5.69 Å². The molecule has 124 valence electrons. The van der Waals surface area contributed by atoms with Crippen molar-refractivity contribution in [3.8, 4) is 11.3 Å². The Morgan fingerprint density at radius 2 is 1.54 bits per heavy atom. The molecule has 4 nitrogen and oxygen atoms in total. The van der Waals surface area contributed by atoms with E-state index in [1.54, 1.807) is 6.20 Å². The second-order valence-electron chi connectivity index (χ2n) is 5.67. The lowest BCUT2D eigenvalue weighted by Crippen LogP contribution is -1.99. The average Bonchev–Trinajstić information content (AvgIpc) is 2.49. The van der Waals surface area contributed by atoms with Crippen LogP contribution in [0.5, 0.6) is 0 Å². The van der Waals surface area contributed by atoms with Crippen molar-refractivity contribution < 1.29 is 0 Å². The van der Waals surface area contributed by atoms with Gasteiger partial charge in [0.15, 0.2) is 0 Å². The molecule has 0 spiro atoms. The van der Waals surface area contributed by atoms with Crippen molar-refractivity contribution in [2.24, 2.45) is 0 Å². The van der Waals surface area contributed by atoms with Crippen molar-refractivity contribution >= 4 is 23.2 Å². The standard InChI is InChI=1S/C19H18ClN3.H3N/c1-12-10-13(2)18(14(3)11-12)17-8-9-21-19(23-17)22-16-6-4-15(20)5-7-16;/h4-11H,1-3H3,(H,21,22,23);1H3. The summed E-state index contributed by atoms with van der Waals surface area (Å²) in [6.45, 7) is 6.34. The van der Waals surface area contributed by atoms with Crippen LogP contribution in [-0.4, -0.2) is 9.97 Å². The lowest BCUT2D eigenvalue weighted by Gasteiger charge is -2.12. The Balaban J connectivity index is 0.00000208. The summed E-state index contributed by atoms with van der Waals surface area (Å²) in [4.78, 5) is 8.96. The zero-order chi connectivity index (χ0) is 16.4. The van der Waals surface area contributed by atoms with Crippen LogP contribution < -0.4 is 11.5 Å². The summed E-state index contributed by atoms with van der Waals surface area (Å²) in [5.41, 5.74) is 6.70. The van der Waals surface area contributed by atoms with Crippen LogP contribution in [0.1, 0.15) is 16.7 Å². The molecular formula is C19H21ClN4. The summed E-state index contributed by atoms with van der Waals surface area (Å²) >= 11 is 5.91. The Kier molecular flexibility index (Phi) is 5.54. The van der Waals surface area contributed by atoms with E-state index in [9.17, 15) is 0 Å². The summed E-state index contributed by atoms with van der Waals surface area (Å²) in [6, 6.07) is 13.8. The maximum absolute atomic E-state index is 5.91. The van der Waals surface area contributed by atoms with Gasteiger partial charge in [0, 0.05) is 22.5 Å². The van der Waals surface area contributed by atoms with Crippen LogP contribution in [0.3, 0.4) is 0 Å². The van der Waals surface area contributed by atoms with Gasteiger partial charge in [0.1, 0.15) is 0 Å². The smallest absolute Gasteiger partial charge is 0.227 e. The molecule has 4 N–H and O–H groups in total. The van der Waals surface area contributed by atoms with Gasteiger partial charge in [0.25, 0.3) is 0 Å². The molecule has 24 heavy (non-hydrogen) atoms. The molecule has 0 aliphatic rings. The molecular weight excluding hydrogens is 320 g/mol. The van der Waals surface area contributed by atoms with Crippen LogP contribution in [0.25, 0.3) is 11.3 Å². The maximum atomic E-state index is 5.91. The van der Waals surface area contributed by atoms with Gasteiger partial charge in [-0.2, -0.15) is 0 Å². The van der Waals surface area contributed by atoms with Gasteiger partial charge in [-0.25, -0.2) is 9.97 Å². The fraction of sp³-hybridized carbons (Fsp3) is 0.158. The molecule has 0 aliphatic carbocycles. The Morgan fingerprint density at radius 3 is 2.17 bits per heavy atom. The van der Waals surface area contributed by atoms with Crippen molar-refractivity contribution in [3.63, 3.8) is 0 Å². The molecule has 0 saturated carbocycles. The van der Waals surface area contributed by atoms with Crippen molar-refractivity contribution in [3.05, 3.63) is 70.4 Å². The number of nitrogens with zero attached hydrogens (tertiary/aromatic N) is 2. The zero-order valence-electron chi connectivity index (χ0n) is 14.1. The highest BCUT2D eigenvalue weighted by Crippen LogP contribution is 2.27. The molecule has 5 heteroatoms. The Morgan fingerprint density at radius 1 is 0.917 bits per heavy atom.